The Morgan fingerprint density at radius 1 is 1.00 bits per heavy atom. The predicted octanol–water partition coefficient (Wildman–Crippen LogP) is 3.27. The molecule has 2 heterocycles. The molecule has 0 unspecified atom stereocenters. The van der Waals surface area contributed by atoms with Gasteiger partial charge in [-0.05, 0) is 61.3 Å². The number of sulfonamides is 1. The summed E-state index contributed by atoms with van der Waals surface area (Å²) in [5.74, 6) is 0.713. The number of hydrogen-bond donors (Lipinski definition) is 1. The highest BCUT2D eigenvalue weighted by atomic mass is 32.2. The monoisotopic (exact) mass is 487 g/mol. The molecule has 0 aliphatic carbocycles. The number of rotatable bonds is 7. The molecule has 1 N–H and O–H groups in total. The fourth-order valence-electron chi connectivity index (χ4n) is 4.59. The average molecular weight is 488 g/mol. The SMILES string of the molecule is COc1ccc([C@@H]2CCCCCN2CC(=O)Nc2ccc(S(=O)(=O)N3CCOCC3)cc2)cc1. The van der Waals surface area contributed by atoms with E-state index in [4.69, 9.17) is 9.47 Å². The third kappa shape index (κ3) is 5.96. The molecule has 0 radical (unpaired) electrons. The summed E-state index contributed by atoms with van der Waals surface area (Å²) in [5.41, 5.74) is 1.77. The second-order valence-electron chi connectivity index (χ2n) is 8.70. The van der Waals surface area contributed by atoms with Crippen molar-refractivity contribution in [3.05, 3.63) is 54.1 Å². The summed E-state index contributed by atoms with van der Waals surface area (Å²) in [5, 5.41) is 2.93. The summed E-state index contributed by atoms with van der Waals surface area (Å²) in [7, 11) is -1.90. The Hall–Kier alpha value is -2.46. The van der Waals surface area contributed by atoms with Crippen LogP contribution in [0.1, 0.15) is 37.3 Å². The van der Waals surface area contributed by atoms with Crippen molar-refractivity contribution in [2.45, 2.75) is 36.6 Å². The summed E-state index contributed by atoms with van der Waals surface area (Å²) in [6, 6.07) is 14.7. The van der Waals surface area contributed by atoms with Crippen LogP contribution in [0, 0.1) is 0 Å². The molecule has 184 valence electrons. The standard InChI is InChI=1S/C25H33N3O5S/c1-32-22-10-6-20(7-11-22)24-5-3-2-4-14-27(24)19-25(29)26-21-8-12-23(13-9-21)34(30,31)28-15-17-33-18-16-28/h6-13,24H,2-5,14-19H2,1H3,(H,26,29)/t24-/m0/s1. The lowest BCUT2D eigenvalue weighted by Crippen LogP contribution is -2.40. The van der Waals surface area contributed by atoms with E-state index >= 15 is 0 Å². The lowest BCUT2D eigenvalue weighted by Gasteiger charge is -2.30. The molecule has 2 aliphatic heterocycles. The maximum atomic E-state index is 12.9. The van der Waals surface area contributed by atoms with Gasteiger partial charge in [0.25, 0.3) is 0 Å². The van der Waals surface area contributed by atoms with Gasteiger partial charge >= 0.3 is 0 Å². The zero-order valence-electron chi connectivity index (χ0n) is 19.6. The average Bonchev–Trinajstić information content (AvgIpc) is 3.10. The Morgan fingerprint density at radius 3 is 2.38 bits per heavy atom. The zero-order valence-corrected chi connectivity index (χ0v) is 20.4. The molecule has 9 heteroatoms. The van der Waals surface area contributed by atoms with Crippen molar-refractivity contribution in [1.29, 1.82) is 0 Å². The number of carbonyl (C=O) groups excluding carboxylic acids is 1. The Labute approximate surface area is 201 Å². The molecular weight excluding hydrogens is 454 g/mol. The van der Waals surface area contributed by atoms with E-state index in [9.17, 15) is 13.2 Å². The van der Waals surface area contributed by atoms with Crippen molar-refractivity contribution >= 4 is 21.6 Å². The van der Waals surface area contributed by atoms with Crippen molar-refractivity contribution in [1.82, 2.24) is 9.21 Å². The van der Waals surface area contributed by atoms with Crippen molar-refractivity contribution < 1.29 is 22.7 Å². The number of anilines is 1. The summed E-state index contributed by atoms with van der Waals surface area (Å²) in [6.07, 6.45) is 4.36. The number of methoxy groups -OCH3 is 1. The minimum Gasteiger partial charge on any atom is -0.497 e. The lowest BCUT2D eigenvalue weighted by atomic mass is 10.0. The van der Waals surface area contributed by atoms with Gasteiger partial charge in [0.05, 0.1) is 31.8 Å². The molecule has 34 heavy (non-hydrogen) atoms. The van der Waals surface area contributed by atoms with Crippen molar-refractivity contribution in [3.63, 3.8) is 0 Å². The van der Waals surface area contributed by atoms with E-state index in [-0.39, 0.29) is 23.4 Å². The molecule has 2 aromatic carbocycles. The molecule has 4 rings (SSSR count). The highest BCUT2D eigenvalue weighted by Gasteiger charge is 2.27. The fourth-order valence-corrected chi connectivity index (χ4v) is 6.00. The van der Waals surface area contributed by atoms with Crippen molar-refractivity contribution in [3.8, 4) is 5.75 Å². The number of ether oxygens (including phenoxy) is 2. The van der Waals surface area contributed by atoms with Crippen LogP contribution in [0.4, 0.5) is 5.69 Å². The normalized spacial score (nSPS) is 20.4. The molecular formula is C25H33N3O5S. The van der Waals surface area contributed by atoms with E-state index in [0.29, 0.717) is 32.0 Å². The minimum atomic E-state index is -3.55. The van der Waals surface area contributed by atoms with Gasteiger partial charge in [0.2, 0.25) is 15.9 Å². The van der Waals surface area contributed by atoms with Crippen LogP contribution >= 0.6 is 0 Å². The van der Waals surface area contributed by atoms with Gasteiger partial charge in [-0.25, -0.2) is 8.42 Å². The Kier molecular flexibility index (Phi) is 8.20. The van der Waals surface area contributed by atoms with Crippen LogP contribution < -0.4 is 10.1 Å². The third-order valence-electron chi connectivity index (χ3n) is 6.46. The molecule has 1 atom stereocenters. The number of morpholine rings is 1. The summed E-state index contributed by atoms with van der Waals surface area (Å²) >= 11 is 0. The number of nitrogens with one attached hydrogen (secondary N) is 1. The van der Waals surface area contributed by atoms with Gasteiger partial charge in [-0.3, -0.25) is 9.69 Å². The van der Waals surface area contributed by atoms with Gasteiger partial charge in [-0.15, -0.1) is 0 Å². The first-order valence-electron chi connectivity index (χ1n) is 11.8. The first kappa shape index (κ1) is 24.7. The fraction of sp³-hybridized carbons (Fsp3) is 0.480. The molecule has 2 aromatic rings. The van der Waals surface area contributed by atoms with E-state index in [1.807, 2.05) is 12.1 Å². The Bertz CT molecular complexity index is 1050. The van der Waals surface area contributed by atoms with Gasteiger partial charge in [-0.2, -0.15) is 4.31 Å². The number of likely N-dealkylation sites (tertiary alicyclic amines) is 1. The third-order valence-corrected chi connectivity index (χ3v) is 8.37. The van der Waals surface area contributed by atoms with Crippen molar-refractivity contribution in [2.24, 2.45) is 0 Å². The van der Waals surface area contributed by atoms with Crippen LogP contribution in [-0.2, 0) is 19.6 Å². The van der Waals surface area contributed by atoms with E-state index < -0.39 is 10.0 Å². The Morgan fingerprint density at radius 2 is 1.71 bits per heavy atom. The van der Waals surface area contributed by atoms with Gasteiger partial charge in [0.15, 0.2) is 0 Å². The van der Waals surface area contributed by atoms with E-state index in [2.05, 4.69) is 22.3 Å². The maximum absolute atomic E-state index is 12.9. The smallest absolute Gasteiger partial charge is 0.243 e. The highest BCUT2D eigenvalue weighted by Crippen LogP contribution is 2.31. The molecule has 0 bridgehead atoms. The van der Waals surface area contributed by atoms with Crippen molar-refractivity contribution in [2.75, 3.05) is 51.8 Å². The molecule has 0 saturated carbocycles. The van der Waals surface area contributed by atoms with Gasteiger partial charge in [0, 0.05) is 24.8 Å². The number of nitrogens with zero attached hydrogens (tertiary/aromatic N) is 2. The van der Waals surface area contributed by atoms with Crippen LogP contribution in [0.3, 0.4) is 0 Å². The number of hydrogen-bond acceptors (Lipinski definition) is 6. The lowest BCUT2D eigenvalue weighted by molar-refractivity contribution is -0.117. The van der Waals surface area contributed by atoms with Crippen LogP contribution in [0.25, 0.3) is 0 Å². The van der Waals surface area contributed by atoms with E-state index in [1.54, 1.807) is 31.4 Å². The number of amides is 1. The van der Waals surface area contributed by atoms with Crippen LogP contribution in [0.2, 0.25) is 0 Å². The Balaban J connectivity index is 1.40. The van der Waals surface area contributed by atoms with Crippen LogP contribution in [-0.4, -0.2) is 70.0 Å². The largest absolute Gasteiger partial charge is 0.497 e. The maximum Gasteiger partial charge on any atom is 0.243 e. The van der Waals surface area contributed by atoms with Gasteiger partial charge in [-0.1, -0.05) is 25.0 Å². The molecule has 2 fully saturated rings. The van der Waals surface area contributed by atoms with E-state index in [0.717, 1.165) is 38.0 Å². The number of carbonyl (C=O) groups is 1. The van der Waals surface area contributed by atoms with Crippen LogP contribution in [0.15, 0.2) is 53.4 Å². The van der Waals surface area contributed by atoms with Gasteiger partial charge < -0.3 is 14.8 Å². The highest BCUT2D eigenvalue weighted by molar-refractivity contribution is 7.89. The molecule has 1 amide bonds. The molecule has 8 nitrogen and oxygen atoms in total. The summed E-state index contributed by atoms with van der Waals surface area (Å²) < 4.78 is 37.6. The first-order chi connectivity index (χ1) is 16.5. The predicted molar refractivity (Wildman–Crippen MR) is 130 cm³/mol. The van der Waals surface area contributed by atoms with Crippen LogP contribution in [0.5, 0.6) is 5.75 Å². The summed E-state index contributed by atoms with van der Waals surface area (Å²) in [4.78, 5) is 15.3. The first-order valence-corrected chi connectivity index (χ1v) is 13.3. The molecule has 2 saturated heterocycles. The molecule has 0 aromatic heterocycles. The zero-order chi connectivity index (χ0) is 24.0. The molecule has 0 spiro atoms. The molecule has 2 aliphatic rings. The van der Waals surface area contributed by atoms with Gasteiger partial charge in [0.1, 0.15) is 5.75 Å². The second kappa shape index (κ2) is 11.3. The summed E-state index contributed by atoms with van der Waals surface area (Å²) in [6.45, 7) is 2.66. The second-order valence-corrected chi connectivity index (χ2v) is 10.6. The number of benzene rings is 2. The minimum absolute atomic E-state index is 0.107. The topological polar surface area (TPSA) is 88.2 Å². The van der Waals surface area contributed by atoms with E-state index in [1.165, 1.54) is 9.87 Å². The quantitative estimate of drug-likeness (QED) is 0.645.